The number of ketones is 1. The minimum absolute atomic E-state index is 0.00320. The molecular formula is C16H15FO2. The molecule has 0 spiro atoms. The van der Waals surface area contributed by atoms with Crippen molar-refractivity contribution in [2.75, 3.05) is 6.61 Å². The Morgan fingerprint density at radius 2 is 1.68 bits per heavy atom. The molecule has 3 heteroatoms. The molecule has 0 unspecified atom stereocenters. The standard InChI is InChI=1S/C16H15FO2/c17-16-9-5-4-8-14(16)10-15(18)12-19-11-13-6-2-1-3-7-13/h1-9H,10-12H2. The van der Waals surface area contributed by atoms with Gasteiger partial charge in [-0.05, 0) is 17.2 Å². The number of carbonyl (C=O) groups is 1. The summed E-state index contributed by atoms with van der Waals surface area (Å²) in [6, 6.07) is 15.9. The second kappa shape index (κ2) is 6.81. The van der Waals surface area contributed by atoms with Crippen LogP contribution in [0.3, 0.4) is 0 Å². The van der Waals surface area contributed by atoms with Crippen molar-refractivity contribution in [3.05, 3.63) is 71.5 Å². The predicted octanol–water partition coefficient (Wildman–Crippen LogP) is 3.15. The summed E-state index contributed by atoms with van der Waals surface area (Å²) in [4.78, 5) is 11.7. The first kappa shape index (κ1) is 13.4. The zero-order valence-corrected chi connectivity index (χ0v) is 10.5. The molecule has 19 heavy (non-hydrogen) atoms. The third-order valence-corrected chi connectivity index (χ3v) is 2.72. The van der Waals surface area contributed by atoms with E-state index in [1.54, 1.807) is 18.2 Å². The van der Waals surface area contributed by atoms with Crippen molar-refractivity contribution in [2.24, 2.45) is 0 Å². The highest BCUT2D eigenvalue weighted by molar-refractivity contribution is 5.82. The molecule has 98 valence electrons. The lowest BCUT2D eigenvalue weighted by atomic mass is 10.1. The van der Waals surface area contributed by atoms with Gasteiger partial charge in [0.15, 0.2) is 5.78 Å². The van der Waals surface area contributed by atoms with Gasteiger partial charge < -0.3 is 4.74 Å². The molecule has 2 rings (SSSR count). The van der Waals surface area contributed by atoms with E-state index in [4.69, 9.17) is 4.74 Å². The molecule has 0 aliphatic heterocycles. The molecule has 2 aromatic rings. The lowest BCUT2D eigenvalue weighted by Gasteiger charge is -2.05. The van der Waals surface area contributed by atoms with Crippen LogP contribution in [-0.4, -0.2) is 12.4 Å². The summed E-state index contributed by atoms with van der Waals surface area (Å²) in [5.41, 5.74) is 1.43. The van der Waals surface area contributed by atoms with E-state index in [1.807, 2.05) is 30.3 Å². The Labute approximate surface area is 111 Å². The van der Waals surface area contributed by atoms with Crippen molar-refractivity contribution in [1.82, 2.24) is 0 Å². The third kappa shape index (κ3) is 4.30. The first-order valence-electron chi connectivity index (χ1n) is 6.12. The Bertz CT molecular complexity index is 537. The van der Waals surface area contributed by atoms with Gasteiger partial charge in [-0.25, -0.2) is 4.39 Å². The molecule has 0 aliphatic carbocycles. The van der Waals surface area contributed by atoms with Crippen molar-refractivity contribution < 1.29 is 13.9 Å². The number of carbonyl (C=O) groups excluding carboxylic acids is 1. The van der Waals surface area contributed by atoms with Crippen LogP contribution in [0.15, 0.2) is 54.6 Å². The number of benzene rings is 2. The summed E-state index contributed by atoms with van der Waals surface area (Å²) in [7, 11) is 0. The molecule has 0 N–H and O–H groups in total. The van der Waals surface area contributed by atoms with E-state index in [0.29, 0.717) is 12.2 Å². The summed E-state index contributed by atoms with van der Waals surface area (Å²) in [5.74, 6) is -0.472. The van der Waals surface area contributed by atoms with Crippen LogP contribution >= 0.6 is 0 Å². The van der Waals surface area contributed by atoms with E-state index < -0.39 is 0 Å². The Balaban J connectivity index is 1.78. The monoisotopic (exact) mass is 258 g/mol. The van der Waals surface area contributed by atoms with Gasteiger partial charge in [-0.15, -0.1) is 0 Å². The Kier molecular flexibility index (Phi) is 4.81. The molecule has 0 radical (unpaired) electrons. The molecule has 2 nitrogen and oxygen atoms in total. The number of hydrogen-bond donors (Lipinski definition) is 0. The van der Waals surface area contributed by atoms with Crippen LogP contribution in [0.5, 0.6) is 0 Å². The summed E-state index contributed by atoms with van der Waals surface area (Å²) < 4.78 is 18.7. The van der Waals surface area contributed by atoms with Crippen molar-refractivity contribution in [3.8, 4) is 0 Å². The number of hydrogen-bond acceptors (Lipinski definition) is 2. The van der Waals surface area contributed by atoms with Crippen LogP contribution in [0.25, 0.3) is 0 Å². The predicted molar refractivity (Wildman–Crippen MR) is 71.2 cm³/mol. The third-order valence-electron chi connectivity index (χ3n) is 2.72. The zero-order chi connectivity index (χ0) is 13.5. The van der Waals surface area contributed by atoms with Gasteiger partial charge in [0.1, 0.15) is 12.4 Å². The molecule has 0 fully saturated rings. The SMILES string of the molecule is O=C(COCc1ccccc1)Cc1ccccc1F. The lowest BCUT2D eigenvalue weighted by molar-refractivity contribution is -0.123. The second-order valence-corrected chi connectivity index (χ2v) is 4.29. The lowest BCUT2D eigenvalue weighted by Crippen LogP contribution is -2.12. The average molecular weight is 258 g/mol. The summed E-state index contributed by atoms with van der Waals surface area (Å²) >= 11 is 0. The molecule has 0 bridgehead atoms. The Morgan fingerprint density at radius 1 is 1.00 bits per heavy atom. The maximum absolute atomic E-state index is 13.3. The first-order valence-corrected chi connectivity index (χ1v) is 6.12. The van der Waals surface area contributed by atoms with Gasteiger partial charge in [0.05, 0.1) is 6.61 Å². The maximum atomic E-state index is 13.3. The quantitative estimate of drug-likeness (QED) is 0.795. The van der Waals surface area contributed by atoms with Gasteiger partial charge in [-0.2, -0.15) is 0 Å². The van der Waals surface area contributed by atoms with Crippen LogP contribution in [0.4, 0.5) is 4.39 Å². The van der Waals surface area contributed by atoms with Gasteiger partial charge in [0.2, 0.25) is 0 Å². The summed E-state index contributed by atoms with van der Waals surface area (Å²) in [6.45, 7) is 0.396. The molecule has 2 aromatic carbocycles. The van der Waals surface area contributed by atoms with Gasteiger partial charge >= 0.3 is 0 Å². The number of halogens is 1. The number of rotatable bonds is 6. The smallest absolute Gasteiger partial charge is 0.162 e. The van der Waals surface area contributed by atoms with Crippen LogP contribution in [0, 0.1) is 5.82 Å². The minimum atomic E-state index is -0.348. The Hall–Kier alpha value is -2.00. The highest BCUT2D eigenvalue weighted by atomic mass is 19.1. The van der Waals surface area contributed by atoms with Crippen LogP contribution in [0.1, 0.15) is 11.1 Å². The number of Topliss-reactive ketones (excluding diaryl/α,β-unsaturated/α-hetero) is 1. The van der Waals surface area contributed by atoms with Crippen LogP contribution < -0.4 is 0 Å². The fourth-order valence-corrected chi connectivity index (χ4v) is 1.76. The topological polar surface area (TPSA) is 26.3 Å². The van der Waals surface area contributed by atoms with Crippen molar-refractivity contribution in [1.29, 1.82) is 0 Å². The van der Waals surface area contributed by atoms with Gasteiger partial charge in [0.25, 0.3) is 0 Å². The molecule has 0 saturated heterocycles. The van der Waals surface area contributed by atoms with E-state index in [0.717, 1.165) is 5.56 Å². The van der Waals surface area contributed by atoms with Crippen molar-refractivity contribution in [3.63, 3.8) is 0 Å². The Morgan fingerprint density at radius 3 is 2.42 bits per heavy atom. The molecule has 0 aromatic heterocycles. The highest BCUT2D eigenvalue weighted by Crippen LogP contribution is 2.08. The van der Waals surface area contributed by atoms with Crippen LogP contribution in [0.2, 0.25) is 0 Å². The molecule has 0 aliphatic rings. The maximum Gasteiger partial charge on any atom is 0.162 e. The average Bonchev–Trinajstić information content (AvgIpc) is 2.43. The first-order chi connectivity index (χ1) is 9.25. The van der Waals surface area contributed by atoms with Gasteiger partial charge in [0, 0.05) is 6.42 Å². The largest absolute Gasteiger partial charge is 0.369 e. The molecule has 0 atom stereocenters. The van der Waals surface area contributed by atoms with Gasteiger partial charge in [-0.3, -0.25) is 4.79 Å². The van der Waals surface area contributed by atoms with Crippen LogP contribution in [-0.2, 0) is 22.6 Å². The van der Waals surface area contributed by atoms with Gasteiger partial charge in [-0.1, -0.05) is 48.5 Å². The molecular weight excluding hydrogens is 243 g/mol. The second-order valence-electron chi connectivity index (χ2n) is 4.29. The van der Waals surface area contributed by atoms with Crippen molar-refractivity contribution >= 4 is 5.78 Å². The van der Waals surface area contributed by atoms with Crippen molar-refractivity contribution in [2.45, 2.75) is 13.0 Å². The van der Waals surface area contributed by atoms with E-state index in [1.165, 1.54) is 6.07 Å². The minimum Gasteiger partial charge on any atom is -0.369 e. The van der Waals surface area contributed by atoms with E-state index >= 15 is 0 Å². The molecule has 0 heterocycles. The number of ether oxygens (including phenoxy) is 1. The fourth-order valence-electron chi connectivity index (χ4n) is 1.76. The molecule has 0 saturated carbocycles. The normalized spacial score (nSPS) is 10.4. The highest BCUT2D eigenvalue weighted by Gasteiger charge is 2.07. The summed E-state index contributed by atoms with van der Waals surface area (Å²) in [5, 5.41) is 0. The molecule has 0 amide bonds. The van der Waals surface area contributed by atoms with E-state index in [-0.39, 0.29) is 24.6 Å². The fraction of sp³-hybridized carbons (Fsp3) is 0.188. The van der Waals surface area contributed by atoms with E-state index in [2.05, 4.69) is 0 Å². The summed E-state index contributed by atoms with van der Waals surface area (Å²) in [6.07, 6.45) is 0.0709. The zero-order valence-electron chi connectivity index (χ0n) is 10.5. The van der Waals surface area contributed by atoms with E-state index in [9.17, 15) is 9.18 Å².